The van der Waals surface area contributed by atoms with E-state index in [1.807, 2.05) is 13.0 Å². The highest BCUT2D eigenvalue weighted by molar-refractivity contribution is 7.90. The average Bonchev–Trinajstić information content (AvgIpc) is 2.70. The van der Waals surface area contributed by atoms with Crippen LogP contribution in [0.25, 0.3) is 10.6 Å². The van der Waals surface area contributed by atoms with Gasteiger partial charge in [-0.15, -0.1) is 11.3 Å². The third-order valence-corrected chi connectivity index (χ3v) is 5.18. The van der Waals surface area contributed by atoms with Gasteiger partial charge in [0.05, 0.1) is 10.6 Å². The summed E-state index contributed by atoms with van der Waals surface area (Å²) in [6.45, 7) is 4.08. The highest BCUT2D eigenvalue weighted by Gasteiger charge is 2.11. The minimum Gasteiger partial charge on any atom is -0.241 e. The summed E-state index contributed by atoms with van der Waals surface area (Å²) in [5.41, 5.74) is 1.90. The highest BCUT2D eigenvalue weighted by Crippen LogP contribution is 2.29. The van der Waals surface area contributed by atoms with Crippen molar-refractivity contribution < 1.29 is 8.42 Å². The Morgan fingerprint density at radius 1 is 1.33 bits per heavy atom. The van der Waals surface area contributed by atoms with Gasteiger partial charge in [0.25, 0.3) is 0 Å². The molecule has 0 atom stereocenters. The summed E-state index contributed by atoms with van der Waals surface area (Å²) < 4.78 is 23.1. The molecule has 96 valence electrons. The molecule has 18 heavy (non-hydrogen) atoms. The molecule has 1 heterocycles. The monoisotopic (exact) mass is 281 g/mol. The lowest BCUT2D eigenvalue weighted by molar-refractivity contribution is 0.602. The van der Waals surface area contributed by atoms with E-state index in [0.29, 0.717) is 4.90 Å². The second-order valence-electron chi connectivity index (χ2n) is 4.18. The average molecular weight is 281 g/mol. The molecule has 1 aromatic heterocycles. The van der Waals surface area contributed by atoms with E-state index in [2.05, 4.69) is 11.9 Å². The molecule has 0 unspecified atom stereocenters. The first-order valence-electron chi connectivity index (χ1n) is 5.68. The quantitative estimate of drug-likeness (QED) is 0.868. The van der Waals surface area contributed by atoms with Crippen molar-refractivity contribution in [2.45, 2.75) is 25.2 Å². The summed E-state index contributed by atoms with van der Waals surface area (Å²) >= 11 is 1.63. The van der Waals surface area contributed by atoms with E-state index in [1.54, 1.807) is 29.5 Å². The fourth-order valence-electron chi connectivity index (χ4n) is 1.74. The van der Waals surface area contributed by atoms with E-state index >= 15 is 0 Å². The molecule has 3 nitrogen and oxygen atoms in total. The molecular formula is C13H15NO2S2. The fourth-order valence-corrected chi connectivity index (χ4v) is 3.40. The number of hydrogen-bond acceptors (Lipinski definition) is 4. The normalized spacial score (nSPS) is 11.7. The Kier molecular flexibility index (Phi) is 3.54. The second-order valence-corrected chi connectivity index (χ2v) is 7.28. The van der Waals surface area contributed by atoms with Crippen LogP contribution < -0.4 is 0 Å². The van der Waals surface area contributed by atoms with Crippen molar-refractivity contribution in [3.8, 4) is 10.6 Å². The summed E-state index contributed by atoms with van der Waals surface area (Å²) in [4.78, 5) is 6.08. The van der Waals surface area contributed by atoms with Gasteiger partial charge in [-0.2, -0.15) is 0 Å². The second kappa shape index (κ2) is 4.82. The van der Waals surface area contributed by atoms with E-state index in [1.165, 1.54) is 11.1 Å². The lowest BCUT2D eigenvalue weighted by Gasteiger charge is -2.00. The van der Waals surface area contributed by atoms with Crippen LogP contribution in [-0.4, -0.2) is 19.7 Å². The number of aryl methyl sites for hydroxylation is 2. The van der Waals surface area contributed by atoms with Crippen molar-refractivity contribution in [2.24, 2.45) is 0 Å². The smallest absolute Gasteiger partial charge is 0.175 e. The van der Waals surface area contributed by atoms with Gasteiger partial charge in [0, 0.05) is 16.7 Å². The van der Waals surface area contributed by atoms with E-state index in [-0.39, 0.29) is 0 Å². The van der Waals surface area contributed by atoms with Crippen LogP contribution in [0.4, 0.5) is 0 Å². The van der Waals surface area contributed by atoms with E-state index in [4.69, 9.17) is 0 Å². The Balaban J connectivity index is 2.51. The van der Waals surface area contributed by atoms with Gasteiger partial charge in [-0.3, -0.25) is 0 Å². The van der Waals surface area contributed by atoms with Crippen LogP contribution in [0.2, 0.25) is 0 Å². The van der Waals surface area contributed by atoms with Gasteiger partial charge in [0.1, 0.15) is 5.01 Å². The summed E-state index contributed by atoms with van der Waals surface area (Å²) in [7, 11) is -3.17. The molecule has 0 aliphatic carbocycles. The molecule has 1 aromatic carbocycles. The first-order chi connectivity index (χ1) is 8.41. The number of rotatable bonds is 3. The number of hydrogen-bond donors (Lipinski definition) is 0. The molecule has 5 heteroatoms. The molecule has 0 saturated carbocycles. The van der Waals surface area contributed by atoms with Gasteiger partial charge in [0.15, 0.2) is 9.84 Å². The lowest BCUT2D eigenvalue weighted by atomic mass is 10.2. The van der Waals surface area contributed by atoms with Crippen LogP contribution in [0.1, 0.15) is 17.5 Å². The molecule has 0 N–H and O–H groups in total. The molecule has 0 aliphatic rings. The third-order valence-electron chi connectivity index (χ3n) is 2.72. The fraction of sp³-hybridized carbons (Fsp3) is 0.308. The van der Waals surface area contributed by atoms with Crippen LogP contribution in [0.3, 0.4) is 0 Å². The first kappa shape index (κ1) is 13.2. The van der Waals surface area contributed by atoms with Crippen molar-refractivity contribution in [1.82, 2.24) is 4.98 Å². The Labute approximate surface area is 111 Å². The Morgan fingerprint density at radius 3 is 2.61 bits per heavy atom. The van der Waals surface area contributed by atoms with Gasteiger partial charge in [-0.25, -0.2) is 13.4 Å². The zero-order valence-corrected chi connectivity index (χ0v) is 12.2. The Morgan fingerprint density at radius 2 is 2.06 bits per heavy atom. The van der Waals surface area contributed by atoms with E-state index in [9.17, 15) is 8.42 Å². The van der Waals surface area contributed by atoms with Crippen LogP contribution in [-0.2, 0) is 16.3 Å². The highest BCUT2D eigenvalue weighted by atomic mass is 32.2. The molecule has 0 spiro atoms. The summed E-state index contributed by atoms with van der Waals surface area (Å²) in [5, 5.41) is 0.884. The van der Waals surface area contributed by atoms with Gasteiger partial charge in [0.2, 0.25) is 0 Å². The molecule has 0 saturated heterocycles. The maximum Gasteiger partial charge on any atom is 0.175 e. The summed E-state index contributed by atoms with van der Waals surface area (Å²) in [6.07, 6.45) is 2.17. The van der Waals surface area contributed by atoms with Crippen molar-refractivity contribution in [3.63, 3.8) is 0 Å². The molecule has 2 rings (SSSR count). The van der Waals surface area contributed by atoms with Gasteiger partial charge >= 0.3 is 0 Å². The maximum atomic E-state index is 11.5. The van der Waals surface area contributed by atoms with E-state index in [0.717, 1.165) is 22.7 Å². The number of sulfone groups is 1. The summed E-state index contributed by atoms with van der Waals surface area (Å²) in [6, 6.07) is 6.95. The summed E-state index contributed by atoms with van der Waals surface area (Å²) in [5.74, 6) is 0. The number of benzene rings is 1. The van der Waals surface area contributed by atoms with Crippen molar-refractivity contribution in [1.29, 1.82) is 0 Å². The molecule has 0 radical (unpaired) electrons. The maximum absolute atomic E-state index is 11.5. The SMILES string of the molecule is CCc1sc(-c2cccc(S(C)(=O)=O)c2)nc1C. The number of thiazole rings is 1. The Hall–Kier alpha value is -1.20. The largest absolute Gasteiger partial charge is 0.241 e. The predicted octanol–water partition coefficient (Wildman–Crippen LogP) is 3.08. The molecule has 2 aromatic rings. The molecule has 0 bridgehead atoms. The third kappa shape index (κ3) is 2.62. The number of nitrogens with zero attached hydrogens (tertiary/aromatic N) is 1. The zero-order chi connectivity index (χ0) is 13.3. The van der Waals surface area contributed by atoms with Gasteiger partial charge in [-0.1, -0.05) is 19.1 Å². The minimum absolute atomic E-state index is 0.339. The minimum atomic E-state index is -3.17. The zero-order valence-electron chi connectivity index (χ0n) is 10.6. The topological polar surface area (TPSA) is 47.0 Å². The molecule has 0 aliphatic heterocycles. The first-order valence-corrected chi connectivity index (χ1v) is 8.39. The van der Waals surface area contributed by atoms with Gasteiger partial charge in [-0.05, 0) is 25.5 Å². The predicted molar refractivity (Wildman–Crippen MR) is 74.8 cm³/mol. The van der Waals surface area contributed by atoms with Crippen molar-refractivity contribution in [2.75, 3.05) is 6.26 Å². The lowest BCUT2D eigenvalue weighted by Crippen LogP contribution is -1.96. The van der Waals surface area contributed by atoms with E-state index < -0.39 is 9.84 Å². The van der Waals surface area contributed by atoms with Crippen LogP contribution in [0.5, 0.6) is 0 Å². The van der Waals surface area contributed by atoms with Crippen LogP contribution >= 0.6 is 11.3 Å². The molecule has 0 amide bonds. The van der Waals surface area contributed by atoms with Crippen LogP contribution in [0.15, 0.2) is 29.2 Å². The van der Waals surface area contributed by atoms with Crippen LogP contribution in [0, 0.1) is 6.92 Å². The number of aromatic nitrogens is 1. The Bertz CT molecular complexity index is 672. The molecule has 0 fully saturated rings. The standard InChI is InChI=1S/C13H15NO2S2/c1-4-12-9(2)14-13(17-12)10-6-5-7-11(8-10)18(3,15)16/h5-8H,4H2,1-3H3. The van der Waals surface area contributed by atoms with Crippen molar-refractivity contribution in [3.05, 3.63) is 34.8 Å². The van der Waals surface area contributed by atoms with Crippen molar-refractivity contribution >= 4 is 21.2 Å². The van der Waals surface area contributed by atoms with Gasteiger partial charge < -0.3 is 0 Å². The molecular weight excluding hydrogens is 266 g/mol.